The SMILES string of the molecule is COc1ccc(-c2cc3cc(F)c(F)cc3[nH]2)cc1N.Cl. The number of nitrogen functional groups attached to an aromatic ring is 1. The lowest BCUT2D eigenvalue weighted by Gasteiger charge is -2.05. The van der Waals surface area contributed by atoms with Gasteiger partial charge in [-0.2, -0.15) is 0 Å². The maximum absolute atomic E-state index is 13.2. The van der Waals surface area contributed by atoms with Crippen LogP contribution in [0.1, 0.15) is 0 Å². The molecule has 3 aromatic rings. The second kappa shape index (κ2) is 5.61. The summed E-state index contributed by atoms with van der Waals surface area (Å²) in [4.78, 5) is 3.04. The molecule has 0 aliphatic heterocycles. The molecule has 3 N–H and O–H groups in total. The Kier molecular flexibility index (Phi) is 4.04. The van der Waals surface area contributed by atoms with Gasteiger partial charge in [0.1, 0.15) is 5.75 Å². The zero-order valence-electron chi connectivity index (χ0n) is 11.1. The maximum atomic E-state index is 13.2. The van der Waals surface area contributed by atoms with Crippen LogP contribution in [0.2, 0.25) is 0 Å². The highest BCUT2D eigenvalue weighted by Crippen LogP contribution is 2.30. The van der Waals surface area contributed by atoms with Crippen molar-refractivity contribution in [1.29, 1.82) is 0 Å². The monoisotopic (exact) mass is 310 g/mol. The molecule has 0 saturated heterocycles. The van der Waals surface area contributed by atoms with Gasteiger partial charge in [0, 0.05) is 28.2 Å². The van der Waals surface area contributed by atoms with Crippen LogP contribution in [0.25, 0.3) is 22.2 Å². The largest absolute Gasteiger partial charge is 0.495 e. The van der Waals surface area contributed by atoms with Crippen molar-refractivity contribution in [3.63, 3.8) is 0 Å². The third kappa shape index (κ3) is 2.64. The first-order valence-corrected chi connectivity index (χ1v) is 6.00. The predicted molar refractivity (Wildman–Crippen MR) is 81.9 cm³/mol. The number of anilines is 1. The van der Waals surface area contributed by atoms with Crippen LogP contribution < -0.4 is 10.5 Å². The Morgan fingerprint density at radius 3 is 2.43 bits per heavy atom. The average Bonchev–Trinajstić information content (AvgIpc) is 2.82. The van der Waals surface area contributed by atoms with Gasteiger partial charge in [-0.25, -0.2) is 8.78 Å². The minimum absolute atomic E-state index is 0. The summed E-state index contributed by atoms with van der Waals surface area (Å²) in [6, 6.07) is 9.37. The van der Waals surface area contributed by atoms with E-state index >= 15 is 0 Å². The van der Waals surface area contributed by atoms with Gasteiger partial charge in [0.05, 0.1) is 12.8 Å². The number of fused-ring (bicyclic) bond motifs is 1. The summed E-state index contributed by atoms with van der Waals surface area (Å²) < 4.78 is 31.5. The van der Waals surface area contributed by atoms with Crippen LogP contribution in [-0.4, -0.2) is 12.1 Å². The molecule has 0 aliphatic rings. The molecule has 0 radical (unpaired) electrons. The molecule has 21 heavy (non-hydrogen) atoms. The smallest absolute Gasteiger partial charge is 0.160 e. The quantitative estimate of drug-likeness (QED) is 0.699. The summed E-state index contributed by atoms with van der Waals surface area (Å²) in [7, 11) is 1.54. The normalized spacial score (nSPS) is 10.4. The molecule has 110 valence electrons. The highest BCUT2D eigenvalue weighted by atomic mass is 35.5. The Balaban J connectivity index is 0.00000161. The van der Waals surface area contributed by atoms with Gasteiger partial charge in [-0.3, -0.25) is 0 Å². The number of benzene rings is 2. The highest BCUT2D eigenvalue weighted by molar-refractivity contribution is 5.86. The van der Waals surface area contributed by atoms with Gasteiger partial charge in [0.15, 0.2) is 11.6 Å². The molecule has 1 heterocycles. The zero-order chi connectivity index (χ0) is 14.3. The van der Waals surface area contributed by atoms with E-state index in [4.69, 9.17) is 10.5 Å². The van der Waals surface area contributed by atoms with Gasteiger partial charge >= 0.3 is 0 Å². The van der Waals surface area contributed by atoms with Gasteiger partial charge in [0.25, 0.3) is 0 Å². The Hall–Kier alpha value is -2.27. The van der Waals surface area contributed by atoms with E-state index in [2.05, 4.69) is 4.98 Å². The number of aromatic nitrogens is 1. The first kappa shape index (κ1) is 15.1. The van der Waals surface area contributed by atoms with Crippen molar-refractivity contribution in [1.82, 2.24) is 4.98 Å². The summed E-state index contributed by atoms with van der Waals surface area (Å²) in [6.45, 7) is 0. The van der Waals surface area contributed by atoms with Crippen LogP contribution in [0.4, 0.5) is 14.5 Å². The Bertz CT molecular complexity index is 763. The number of aromatic amines is 1. The van der Waals surface area contributed by atoms with Crippen LogP contribution in [0.15, 0.2) is 36.4 Å². The Morgan fingerprint density at radius 1 is 1.05 bits per heavy atom. The molecule has 0 aliphatic carbocycles. The van der Waals surface area contributed by atoms with Crippen molar-refractivity contribution in [3.05, 3.63) is 48.0 Å². The number of H-pyrrole nitrogens is 1. The molecule has 0 atom stereocenters. The van der Waals surface area contributed by atoms with E-state index in [0.717, 1.165) is 23.4 Å². The van der Waals surface area contributed by atoms with Crippen molar-refractivity contribution >= 4 is 29.0 Å². The fourth-order valence-corrected chi connectivity index (χ4v) is 2.18. The fourth-order valence-electron chi connectivity index (χ4n) is 2.18. The number of hydrogen-bond donors (Lipinski definition) is 2. The lowest BCUT2D eigenvalue weighted by molar-refractivity contribution is 0.417. The van der Waals surface area contributed by atoms with Crippen LogP contribution in [0.5, 0.6) is 5.75 Å². The lowest BCUT2D eigenvalue weighted by atomic mass is 10.1. The zero-order valence-corrected chi connectivity index (χ0v) is 11.9. The topological polar surface area (TPSA) is 51.0 Å². The summed E-state index contributed by atoms with van der Waals surface area (Å²) in [5.74, 6) is -1.15. The molecule has 6 heteroatoms. The first-order valence-electron chi connectivity index (χ1n) is 6.00. The standard InChI is InChI=1S/C15H12F2N2O.ClH/c1-20-15-3-2-8(5-12(15)18)13-6-9-4-10(16)11(17)7-14(9)19-13;/h2-7,19H,18H2,1H3;1H. The molecule has 3 rings (SSSR count). The van der Waals surface area contributed by atoms with Crippen molar-refractivity contribution < 1.29 is 13.5 Å². The fraction of sp³-hybridized carbons (Fsp3) is 0.0667. The van der Waals surface area contributed by atoms with Crippen molar-refractivity contribution in [3.8, 4) is 17.0 Å². The number of nitrogens with two attached hydrogens (primary N) is 1. The van der Waals surface area contributed by atoms with Crippen molar-refractivity contribution in [2.24, 2.45) is 0 Å². The number of methoxy groups -OCH3 is 1. The Morgan fingerprint density at radius 2 is 1.76 bits per heavy atom. The van der Waals surface area contributed by atoms with Gasteiger partial charge in [-0.05, 0) is 30.3 Å². The molecule has 0 spiro atoms. The molecule has 0 bridgehead atoms. The van der Waals surface area contributed by atoms with Crippen molar-refractivity contribution in [2.75, 3.05) is 12.8 Å². The van der Waals surface area contributed by atoms with E-state index in [9.17, 15) is 8.78 Å². The average molecular weight is 311 g/mol. The van der Waals surface area contributed by atoms with E-state index in [1.54, 1.807) is 25.3 Å². The molecule has 0 amide bonds. The highest BCUT2D eigenvalue weighted by Gasteiger charge is 2.09. The number of halogens is 3. The van der Waals surface area contributed by atoms with Gasteiger partial charge in [0.2, 0.25) is 0 Å². The second-order valence-electron chi connectivity index (χ2n) is 4.49. The van der Waals surface area contributed by atoms with Gasteiger partial charge in [-0.1, -0.05) is 0 Å². The first-order chi connectivity index (χ1) is 9.58. The molecule has 0 unspecified atom stereocenters. The molecular formula is C15H13ClF2N2O. The number of rotatable bonds is 2. The minimum atomic E-state index is -0.875. The van der Waals surface area contributed by atoms with Gasteiger partial charge in [-0.15, -0.1) is 12.4 Å². The van der Waals surface area contributed by atoms with Crippen LogP contribution in [-0.2, 0) is 0 Å². The van der Waals surface area contributed by atoms with E-state index in [1.165, 1.54) is 0 Å². The predicted octanol–water partition coefficient (Wildman–Crippen LogP) is 4.13. The summed E-state index contributed by atoms with van der Waals surface area (Å²) in [6.07, 6.45) is 0. The Labute approximate surface area is 126 Å². The second-order valence-corrected chi connectivity index (χ2v) is 4.49. The summed E-state index contributed by atoms with van der Waals surface area (Å²) in [5, 5.41) is 0.605. The number of ether oxygens (including phenoxy) is 1. The number of nitrogens with one attached hydrogen (secondary N) is 1. The molecular weight excluding hydrogens is 298 g/mol. The molecule has 0 saturated carbocycles. The maximum Gasteiger partial charge on any atom is 0.160 e. The molecule has 2 aromatic carbocycles. The lowest BCUT2D eigenvalue weighted by Crippen LogP contribution is -1.92. The third-order valence-electron chi connectivity index (χ3n) is 3.20. The summed E-state index contributed by atoms with van der Waals surface area (Å²) in [5.41, 5.74) is 8.44. The summed E-state index contributed by atoms with van der Waals surface area (Å²) >= 11 is 0. The van der Waals surface area contributed by atoms with Gasteiger partial charge < -0.3 is 15.5 Å². The number of hydrogen-bond acceptors (Lipinski definition) is 2. The van der Waals surface area contributed by atoms with Crippen LogP contribution >= 0.6 is 12.4 Å². The van der Waals surface area contributed by atoms with E-state index in [1.807, 2.05) is 6.07 Å². The van der Waals surface area contributed by atoms with Crippen molar-refractivity contribution in [2.45, 2.75) is 0 Å². The minimum Gasteiger partial charge on any atom is -0.495 e. The van der Waals surface area contributed by atoms with E-state index in [0.29, 0.717) is 22.3 Å². The van der Waals surface area contributed by atoms with Crippen LogP contribution in [0.3, 0.4) is 0 Å². The molecule has 0 fully saturated rings. The molecule has 3 nitrogen and oxygen atoms in total. The van der Waals surface area contributed by atoms with E-state index in [-0.39, 0.29) is 12.4 Å². The molecule has 1 aromatic heterocycles. The third-order valence-corrected chi connectivity index (χ3v) is 3.20. The van der Waals surface area contributed by atoms with Crippen LogP contribution in [0, 0.1) is 11.6 Å². The van der Waals surface area contributed by atoms with E-state index < -0.39 is 11.6 Å².